The number of hydrogen-bond donors (Lipinski definition) is 0. The van der Waals surface area contributed by atoms with Crippen molar-refractivity contribution in [3.05, 3.63) is 143 Å². The second kappa shape index (κ2) is 21.4. The summed E-state index contributed by atoms with van der Waals surface area (Å²) in [7, 11) is 0. The van der Waals surface area contributed by atoms with E-state index in [2.05, 4.69) is 109 Å². The maximum absolute atomic E-state index is 2.37. The van der Waals surface area contributed by atoms with Crippen LogP contribution in [0, 0.1) is 0 Å². The molecule has 4 rings (SSSR count). The molecule has 0 saturated heterocycles. The smallest absolute Gasteiger partial charge is 0.00256 e. The Morgan fingerprint density at radius 1 is 0.286 bits per heavy atom. The molecule has 4 aromatic rings. The van der Waals surface area contributed by atoms with Gasteiger partial charge in [0.2, 0.25) is 0 Å². The molecule has 0 nitrogen and oxygen atoms in total. The Bertz CT molecular complexity index is 826. The van der Waals surface area contributed by atoms with Crippen LogP contribution in [0.3, 0.4) is 0 Å². The molecule has 35 heavy (non-hydrogen) atoms. The summed E-state index contributed by atoms with van der Waals surface area (Å²) in [5, 5.41) is 0. The monoisotopic (exact) mass is 468 g/mol. The predicted octanol–water partition coefficient (Wildman–Crippen LogP) is 10.6. The van der Waals surface area contributed by atoms with E-state index in [0.717, 1.165) is 19.3 Å². The average molecular weight is 469 g/mol. The van der Waals surface area contributed by atoms with E-state index >= 15 is 0 Å². The molecule has 0 aliphatic rings. The fourth-order valence-electron chi connectivity index (χ4n) is 3.64. The first kappa shape index (κ1) is 31.9. The van der Waals surface area contributed by atoms with Gasteiger partial charge < -0.3 is 0 Å². The first-order valence-electron chi connectivity index (χ1n) is 13.6. The fourth-order valence-corrected chi connectivity index (χ4v) is 3.64. The van der Waals surface area contributed by atoms with Crippen molar-refractivity contribution in [1.29, 1.82) is 0 Å². The van der Waals surface area contributed by atoms with Crippen LogP contribution in [0.1, 0.15) is 88.8 Å². The standard InChI is InChI=1S/C27H24.4C2H6/c1-4-10-22(11-5-1)16-25-19-26(17-23-12-6-2-7-13-23)21-27(20-25)18-24-14-8-3-9-15-24;4*1-2/h1-15,19-21H,16-18H2;4*1-2H3. The summed E-state index contributed by atoms with van der Waals surface area (Å²) in [5.41, 5.74) is 8.25. The van der Waals surface area contributed by atoms with Crippen LogP contribution >= 0.6 is 0 Å². The lowest BCUT2D eigenvalue weighted by atomic mass is 9.94. The summed E-state index contributed by atoms with van der Waals surface area (Å²) in [5.74, 6) is 0. The van der Waals surface area contributed by atoms with Gasteiger partial charge in [-0.25, -0.2) is 0 Å². The quantitative estimate of drug-likeness (QED) is 0.264. The molecule has 0 saturated carbocycles. The van der Waals surface area contributed by atoms with E-state index in [4.69, 9.17) is 0 Å². The topological polar surface area (TPSA) is 0 Å². The van der Waals surface area contributed by atoms with E-state index in [9.17, 15) is 0 Å². The van der Waals surface area contributed by atoms with E-state index in [-0.39, 0.29) is 0 Å². The molecule has 0 unspecified atom stereocenters. The molecule has 0 aliphatic heterocycles. The zero-order valence-corrected chi connectivity index (χ0v) is 23.5. The third-order valence-electron chi connectivity index (χ3n) is 4.87. The largest absolute Gasteiger partial charge is 0.0683 e. The summed E-state index contributed by atoms with van der Waals surface area (Å²) in [6.07, 6.45) is 2.93. The lowest BCUT2D eigenvalue weighted by molar-refractivity contribution is 1.09. The van der Waals surface area contributed by atoms with Crippen molar-refractivity contribution < 1.29 is 0 Å². The Morgan fingerprint density at radius 2 is 0.486 bits per heavy atom. The van der Waals surface area contributed by atoms with Crippen LogP contribution < -0.4 is 0 Å². The van der Waals surface area contributed by atoms with Crippen LogP contribution in [0.5, 0.6) is 0 Å². The van der Waals surface area contributed by atoms with Crippen molar-refractivity contribution >= 4 is 0 Å². The first-order valence-corrected chi connectivity index (χ1v) is 13.6. The van der Waals surface area contributed by atoms with Crippen molar-refractivity contribution in [3.63, 3.8) is 0 Å². The average Bonchev–Trinajstić information content (AvgIpc) is 2.95. The Labute approximate surface area is 217 Å². The molecule has 0 aromatic heterocycles. The Balaban J connectivity index is 0.00000132. The van der Waals surface area contributed by atoms with Crippen LogP contribution in [0.2, 0.25) is 0 Å². The van der Waals surface area contributed by atoms with Crippen molar-refractivity contribution in [2.24, 2.45) is 0 Å². The number of benzene rings is 4. The highest BCUT2D eigenvalue weighted by Gasteiger charge is 2.05. The minimum atomic E-state index is 0.977. The molecule has 0 N–H and O–H groups in total. The molecule has 0 heterocycles. The van der Waals surface area contributed by atoms with Gasteiger partial charge in [0, 0.05) is 0 Å². The summed E-state index contributed by atoms with van der Waals surface area (Å²) >= 11 is 0. The molecule has 188 valence electrons. The zero-order chi connectivity index (χ0) is 26.3. The van der Waals surface area contributed by atoms with Crippen LogP contribution in [-0.4, -0.2) is 0 Å². The van der Waals surface area contributed by atoms with Gasteiger partial charge in [-0.2, -0.15) is 0 Å². The molecule has 0 atom stereocenters. The van der Waals surface area contributed by atoms with E-state index in [1.54, 1.807) is 0 Å². The molecule has 0 aliphatic carbocycles. The van der Waals surface area contributed by atoms with Crippen LogP contribution in [0.4, 0.5) is 0 Å². The normalized spacial score (nSPS) is 8.91. The van der Waals surface area contributed by atoms with Crippen molar-refractivity contribution in [2.75, 3.05) is 0 Å². The van der Waals surface area contributed by atoms with Crippen LogP contribution in [0.15, 0.2) is 109 Å². The minimum absolute atomic E-state index is 0.977. The van der Waals surface area contributed by atoms with Gasteiger partial charge in [-0.1, -0.05) is 165 Å². The Kier molecular flexibility index (Phi) is 19.5. The second-order valence-corrected chi connectivity index (χ2v) is 7.14. The molecule has 4 aromatic carbocycles. The third-order valence-corrected chi connectivity index (χ3v) is 4.87. The number of rotatable bonds is 6. The zero-order valence-electron chi connectivity index (χ0n) is 23.5. The van der Waals surface area contributed by atoms with E-state index in [1.165, 1.54) is 33.4 Å². The summed E-state index contributed by atoms with van der Waals surface area (Å²) in [6, 6.07) is 39.3. The number of hydrogen-bond acceptors (Lipinski definition) is 0. The van der Waals surface area contributed by atoms with Gasteiger partial charge in [-0.15, -0.1) is 0 Å². The molecule has 0 amide bonds. The van der Waals surface area contributed by atoms with Gasteiger partial charge in [0.05, 0.1) is 0 Å². The molecular formula is C35H48. The Morgan fingerprint density at radius 3 is 0.686 bits per heavy atom. The Hall–Kier alpha value is -3.12. The van der Waals surface area contributed by atoms with Gasteiger partial charge >= 0.3 is 0 Å². The molecule has 0 bridgehead atoms. The van der Waals surface area contributed by atoms with E-state index < -0.39 is 0 Å². The van der Waals surface area contributed by atoms with Crippen molar-refractivity contribution in [3.8, 4) is 0 Å². The van der Waals surface area contributed by atoms with E-state index in [0.29, 0.717) is 0 Å². The lowest BCUT2D eigenvalue weighted by Gasteiger charge is -2.11. The molecule has 0 fully saturated rings. The van der Waals surface area contributed by atoms with E-state index in [1.807, 2.05) is 55.4 Å². The van der Waals surface area contributed by atoms with Gasteiger partial charge in [0.15, 0.2) is 0 Å². The SMILES string of the molecule is CC.CC.CC.CC.c1ccc(Cc2cc(Cc3ccccc3)cc(Cc3ccccc3)c2)cc1. The third kappa shape index (κ3) is 12.8. The van der Waals surface area contributed by atoms with Gasteiger partial charge in [0.1, 0.15) is 0 Å². The summed E-state index contributed by atoms with van der Waals surface area (Å²) < 4.78 is 0. The molecule has 0 radical (unpaired) electrons. The first-order chi connectivity index (χ1) is 17.3. The van der Waals surface area contributed by atoms with Crippen LogP contribution in [-0.2, 0) is 19.3 Å². The summed E-state index contributed by atoms with van der Waals surface area (Å²) in [6.45, 7) is 16.0. The van der Waals surface area contributed by atoms with Crippen molar-refractivity contribution in [1.82, 2.24) is 0 Å². The highest BCUT2D eigenvalue weighted by molar-refractivity contribution is 5.38. The molecule has 0 spiro atoms. The molecular weight excluding hydrogens is 420 g/mol. The van der Waals surface area contributed by atoms with Crippen LogP contribution in [0.25, 0.3) is 0 Å². The highest BCUT2D eigenvalue weighted by atomic mass is 14.1. The maximum atomic E-state index is 2.37. The maximum Gasteiger partial charge on any atom is -0.00256 e. The highest BCUT2D eigenvalue weighted by Crippen LogP contribution is 2.20. The lowest BCUT2D eigenvalue weighted by Crippen LogP contribution is -1.97. The van der Waals surface area contributed by atoms with Gasteiger partial charge in [-0.05, 0) is 52.6 Å². The fraction of sp³-hybridized carbons (Fsp3) is 0.314. The molecule has 0 heteroatoms. The second-order valence-electron chi connectivity index (χ2n) is 7.14. The predicted molar refractivity (Wildman–Crippen MR) is 160 cm³/mol. The minimum Gasteiger partial charge on any atom is -0.0683 e. The van der Waals surface area contributed by atoms with Crippen molar-refractivity contribution in [2.45, 2.75) is 74.7 Å². The van der Waals surface area contributed by atoms with Gasteiger partial charge in [0.25, 0.3) is 0 Å². The van der Waals surface area contributed by atoms with Gasteiger partial charge in [-0.3, -0.25) is 0 Å². The summed E-state index contributed by atoms with van der Waals surface area (Å²) in [4.78, 5) is 0.